The van der Waals surface area contributed by atoms with Gasteiger partial charge in [0.05, 0.1) is 36.4 Å². The van der Waals surface area contributed by atoms with Gasteiger partial charge >= 0.3 is 0 Å². The van der Waals surface area contributed by atoms with Gasteiger partial charge in [-0.05, 0) is 63.1 Å². The molecule has 210 valence electrons. The molecule has 1 fully saturated rings. The Labute approximate surface area is 244 Å². The first-order valence-corrected chi connectivity index (χ1v) is 13.7. The quantitative estimate of drug-likeness (QED) is 0.173. The lowest BCUT2D eigenvalue weighted by atomic mass is 9.94. The third-order valence-corrected chi connectivity index (χ3v) is 7.81. The Morgan fingerprint density at radius 1 is 0.950 bits per heavy atom. The third kappa shape index (κ3) is 5.00. The van der Waals surface area contributed by atoms with Crippen molar-refractivity contribution in [2.75, 3.05) is 37.1 Å². The van der Waals surface area contributed by atoms with Gasteiger partial charge < -0.3 is 19.5 Å². The van der Waals surface area contributed by atoms with E-state index in [1.165, 1.54) is 25.2 Å². The summed E-state index contributed by atoms with van der Waals surface area (Å²) in [6.45, 7) is 9.65. The standard InChI is InChI=1S/C31H32Cl2N2O5/c1-7-34(8-2)20-12-10-19(11-13-20)26-24(27(36)21-16-22(32)30(40-6)25(33)29(21)39-5)28(37)31(38)35(26)23-14-9-17(3)15-18(23)4/h9-16,26,36H,7-8H2,1-6H3/b27-24+. The summed E-state index contributed by atoms with van der Waals surface area (Å²) in [5.41, 5.74) is 4.04. The number of Topliss-reactive ketones (excluding diaryl/α,β-unsaturated/α-hetero) is 1. The van der Waals surface area contributed by atoms with Crippen LogP contribution in [-0.4, -0.2) is 44.1 Å². The van der Waals surface area contributed by atoms with E-state index in [4.69, 9.17) is 32.7 Å². The average molecular weight is 584 g/mol. The van der Waals surface area contributed by atoms with E-state index in [1.54, 1.807) is 0 Å². The van der Waals surface area contributed by atoms with E-state index in [0.717, 1.165) is 29.9 Å². The summed E-state index contributed by atoms with van der Waals surface area (Å²) >= 11 is 12.9. The van der Waals surface area contributed by atoms with Gasteiger partial charge in [-0.2, -0.15) is 0 Å². The van der Waals surface area contributed by atoms with Crippen LogP contribution in [0.1, 0.15) is 42.1 Å². The number of rotatable bonds is 8. The SMILES string of the molecule is CCN(CC)c1ccc(C2/C(=C(\O)c3cc(Cl)c(OC)c(Cl)c3OC)C(=O)C(=O)N2c2ccc(C)cc2C)cc1. The van der Waals surface area contributed by atoms with Crippen molar-refractivity contribution < 1.29 is 24.2 Å². The molecule has 40 heavy (non-hydrogen) atoms. The average Bonchev–Trinajstić information content (AvgIpc) is 3.19. The van der Waals surface area contributed by atoms with Crippen LogP contribution in [0.2, 0.25) is 10.0 Å². The molecular weight excluding hydrogens is 551 g/mol. The largest absolute Gasteiger partial charge is 0.507 e. The van der Waals surface area contributed by atoms with Crippen LogP contribution in [-0.2, 0) is 9.59 Å². The maximum absolute atomic E-state index is 13.7. The van der Waals surface area contributed by atoms with Crippen LogP contribution in [0.4, 0.5) is 11.4 Å². The number of hydrogen-bond donors (Lipinski definition) is 1. The van der Waals surface area contributed by atoms with Crippen molar-refractivity contribution in [1.82, 2.24) is 0 Å². The highest BCUT2D eigenvalue weighted by atomic mass is 35.5. The van der Waals surface area contributed by atoms with Crippen LogP contribution >= 0.6 is 23.2 Å². The van der Waals surface area contributed by atoms with E-state index in [9.17, 15) is 14.7 Å². The molecule has 4 rings (SSSR count). The second-order valence-electron chi connectivity index (χ2n) is 9.51. The van der Waals surface area contributed by atoms with E-state index >= 15 is 0 Å². The first-order chi connectivity index (χ1) is 19.1. The van der Waals surface area contributed by atoms with Crippen LogP contribution in [0.15, 0.2) is 54.1 Å². The van der Waals surface area contributed by atoms with Crippen molar-refractivity contribution >= 4 is 52.0 Å². The molecule has 0 aromatic heterocycles. The number of halogens is 2. The number of ketones is 1. The topological polar surface area (TPSA) is 79.3 Å². The lowest BCUT2D eigenvalue weighted by Gasteiger charge is -2.28. The lowest BCUT2D eigenvalue weighted by Crippen LogP contribution is -2.30. The number of anilines is 2. The molecule has 1 aliphatic rings. The molecule has 0 radical (unpaired) electrons. The normalized spacial score (nSPS) is 16.4. The number of amides is 1. The maximum Gasteiger partial charge on any atom is 0.300 e. The first-order valence-electron chi connectivity index (χ1n) is 12.9. The number of aryl methyl sites for hydroxylation is 2. The molecule has 0 spiro atoms. The number of aliphatic hydroxyl groups excluding tert-OH is 1. The summed E-state index contributed by atoms with van der Waals surface area (Å²) < 4.78 is 10.8. The van der Waals surface area contributed by atoms with Gasteiger partial charge in [0.1, 0.15) is 10.8 Å². The highest BCUT2D eigenvalue weighted by molar-refractivity contribution is 6.52. The molecule has 0 aliphatic carbocycles. The summed E-state index contributed by atoms with van der Waals surface area (Å²) in [6, 6.07) is 13.8. The van der Waals surface area contributed by atoms with Crippen LogP contribution in [0.5, 0.6) is 11.5 Å². The van der Waals surface area contributed by atoms with E-state index in [2.05, 4.69) is 18.7 Å². The Hall–Kier alpha value is -3.68. The Kier molecular flexibility index (Phi) is 8.66. The Balaban J connectivity index is 2.00. The molecule has 3 aromatic carbocycles. The van der Waals surface area contributed by atoms with Crippen LogP contribution in [0.25, 0.3) is 5.76 Å². The smallest absolute Gasteiger partial charge is 0.300 e. The highest BCUT2D eigenvalue weighted by Crippen LogP contribution is 2.48. The van der Waals surface area contributed by atoms with E-state index in [-0.39, 0.29) is 32.7 Å². The molecule has 0 saturated carbocycles. The minimum atomic E-state index is -0.920. The van der Waals surface area contributed by atoms with Gasteiger partial charge in [0.15, 0.2) is 11.5 Å². The van der Waals surface area contributed by atoms with Gasteiger partial charge in [-0.25, -0.2) is 0 Å². The van der Waals surface area contributed by atoms with E-state index in [1.807, 2.05) is 56.3 Å². The number of benzene rings is 3. The lowest BCUT2D eigenvalue weighted by molar-refractivity contribution is -0.132. The molecule has 1 saturated heterocycles. The fourth-order valence-corrected chi connectivity index (χ4v) is 5.91. The zero-order chi connectivity index (χ0) is 29.3. The summed E-state index contributed by atoms with van der Waals surface area (Å²) in [7, 11) is 2.78. The fraction of sp³-hybridized carbons (Fsp3) is 0.290. The molecule has 1 aliphatic heterocycles. The minimum absolute atomic E-state index is 0.0304. The number of carbonyl (C=O) groups is 2. The highest BCUT2D eigenvalue weighted by Gasteiger charge is 2.47. The Bertz CT molecular complexity index is 1500. The van der Waals surface area contributed by atoms with Crippen molar-refractivity contribution in [2.45, 2.75) is 33.7 Å². The van der Waals surface area contributed by atoms with Crippen molar-refractivity contribution in [3.8, 4) is 11.5 Å². The van der Waals surface area contributed by atoms with Crippen molar-refractivity contribution in [3.05, 3.63) is 86.4 Å². The summed E-state index contributed by atoms with van der Waals surface area (Å²) in [6.07, 6.45) is 0. The molecule has 3 aromatic rings. The number of ether oxygens (including phenoxy) is 2. The Morgan fingerprint density at radius 2 is 1.57 bits per heavy atom. The molecule has 1 amide bonds. The van der Waals surface area contributed by atoms with Crippen LogP contribution < -0.4 is 19.3 Å². The molecule has 1 atom stereocenters. The molecule has 1 N–H and O–H groups in total. The zero-order valence-corrected chi connectivity index (χ0v) is 24.9. The van der Waals surface area contributed by atoms with Crippen molar-refractivity contribution in [3.63, 3.8) is 0 Å². The monoisotopic (exact) mass is 582 g/mol. The van der Waals surface area contributed by atoms with E-state index in [0.29, 0.717) is 11.3 Å². The molecule has 1 heterocycles. The number of aliphatic hydroxyl groups is 1. The third-order valence-electron chi connectivity index (χ3n) is 7.19. The molecule has 1 unspecified atom stereocenters. The van der Waals surface area contributed by atoms with Crippen LogP contribution in [0.3, 0.4) is 0 Å². The molecular formula is C31H32Cl2N2O5. The second-order valence-corrected chi connectivity index (χ2v) is 10.3. The second kappa shape index (κ2) is 11.8. The number of hydrogen-bond acceptors (Lipinski definition) is 6. The van der Waals surface area contributed by atoms with Gasteiger partial charge in [-0.1, -0.05) is 53.0 Å². The van der Waals surface area contributed by atoms with Crippen LogP contribution in [0, 0.1) is 13.8 Å². The van der Waals surface area contributed by atoms with E-state index < -0.39 is 23.5 Å². The Morgan fingerprint density at radius 3 is 2.12 bits per heavy atom. The van der Waals surface area contributed by atoms with Gasteiger partial charge in [-0.15, -0.1) is 0 Å². The van der Waals surface area contributed by atoms with Gasteiger partial charge in [-0.3, -0.25) is 14.5 Å². The number of methoxy groups -OCH3 is 2. The number of carbonyl (C=O) groups excluding carboxylic acids is 2. The van der Waals surface area contributed by atoms with Gasteiger partial charge in [0, 0.05) is 24.5 Å². The molecule has 9 heteroatoms. The predicted molar refractivity (Wildman–Crippen MR) is 160 cm³/mol. The summed E-state index contributed by atoms with van der Waals surface area (Å²) in [4.78, 5) is 31.0. The van der Waals surface area contributed by atoms with Gasteiger partial charge in [0.2, 0.25) is 0 Å². The summed E-state index contributed by atoms with van der Waals surface area (Å²) in [5, 5.41) is 11.8. The fourth-order valence-electron chi connectivity index (χ4n) is 5.22. The maximum atomic E-state index is 13.7. The van der Waals surface area contributed by atoms with Crippen molar-refractivity contribution in [2.24, 2.45) is 0 Å². The van der Waals surface area contributed by atoms with Crippen molar-refractivity contribution in [1.29, 1.82) is 0 Å². The zero-order valence-electron chi connectivity index (χ0n) is 23.3. The minimum Gasteiger partial charge on any atom is -0.507 e. The number of nitrogens with zero attached hydrogens (tertiary/aromatic N) is 2. The predicted octanol–water partition coefficient (Wildman–Crippen LogP) is 7.10. The molecule has 7 nitrogen and oxygen atoms in total. The summed E-state index contributed by atoms with van der Waals surface area (Å²) in [5.74, 6) is -1.81. The van der Waals surface area contributed by atoms with Gasteiger partial charge in [0.25, 0.3) is 11.7 Å². The molecule has 0 bridgehead atoms. The first kappa shape index (κ1) is 29.3.